The molecule has 0 aliphatic rings. The number of rotatable bonds is 3. The fourth-order valence-electron chi connectivity index (χ4n) is 0.591. The molecule has 0 fully saturated rings. The number of halogens is 1. The lowest BCUT2D eigenvalue weighted by Gasteiger charge is -1.96. The average Bonchev–Trinajstić information content (AvgIpc) is 2.37. The molecule has 0 bridgehead atoms. The minimum Gasteiger partial charge on any atom is -0.425 e. The highest BCUT2D eigenvalue weighted by Gasteiger charge is 2.08. The molecule has 0 spiro atoms. The van der Waals surface area contributed by atoms with Gasteiger partial charge in [0, 0.05) is 5.38 Å². The van der Waals surface area contributed by atoms with E-state index in [1.807, 2.05) is 0 Å². The summed E-state index contributed by atoms with van der Waals surface area (Å²) in [4.78, 5) is 21.0. The molecule has 5 heteroatoms. The summed E-state index contributed by atoms with van der Waals surface area (Å²) in [5.74, 6) is -0.184. The van der Waals surface area contributed by atoms with Gasteiger partial charge in [0.25, 0.3) is 0 Å². The van der Waals surface area contributed by atoms with Gasteiger partial charge in [0.1, 0.15) is 12.2 Å². The van der Waals surface area contributed by atoms with Gasteiger partial charge in [-0.2, -0.15) is 0 Å². The highest BCUT2D eigenvalue weighted by atomic mass is 35.5. The summed E-state index contributed by atoms with van der Waals surface area (Å²) in [5.41, 5.74) is 0. The Morgan fingerprint density at radius 1 is 1.58 bits per heavy atom. The first-order valence-corrected chi connectivity index (χ1v) is 4.42. The van der Waals surface area contributed by atoms with E-state index in [-0.39, 0.29) is 0 Å². The third-order valence-corrected chi connectivity index (χ3v) is 1.81. The Morgan fingerprint density at radius 3 is 2.83 bits per heavy atom. The zero-order valence-corrected chi connectivity index (χ0v) is 7.52. The zero-order valence-electron chi connectivity index (χ0n) is 5.95. The second-order valence-electron chi connectivity index (χ2n) is 1.97. The molecule has 1 aromatic rings. The molecule has 0 atom stereocenters. The van der Waals surface area contributed by atoms with Gasteiger partial charge in [-0.15, -0.1) is 11.3 Å². The van der Waals surface area contributed by atoms with E-state index in [9.17, 15) is 9.59 Å². The van der Waals surface area contributed by atoms with Crippen molar-refractivity contribution >= 4 is 34.1 Å². The first-order valence-electron chi connectivity index (χ1n) is 3.09. The van der Waals surface area contributed by atoms with E-state index in [2.05, 4.69) is 0 Å². The highest BCUT2D eigenvalue weighted by Crippen LogP contribution is 2.15. The van der Waals surface area contributed by atoms with Crippen LogP contribution in [0.15, 0.2) is 16.8 Å². The molecule has 0 aromatic carbocycles. The Hall–Kier alpha value is -0.870. The van der Waals surface area contributed by atoms with E-state index in [4.69, 9.17) is 16.3 Å². The van der Waals surface area contributed by atoms with Crippen LogP contribution in [0.2, 0.25) is 0 Å². The van der Waals surface area contributed by atoms with Gasteiger partial charge in [-0.05, 0) is 23.0 Å². The summed E-state index contributed by atoms with van der Waals surface area (Å²) in [6, 6.07) is 1.64. The molecular formula is C7H5ClO3S. The van der Waals surface area contributed by atoms with E-state index < -0.39 is 17.6 Å². The van der Waals surface area contributed by atoms with Crippen molar-refractivity contribution < 1.29 is 14.3 Å². The molecule has 1 rings (SSSR count). The lowest BCUT2D eigenvalue weighted by molar-refractivity contribution is -0.136. The summed E-state index contributed by atoms with van der Waals surface area (Å²) in [6.07, 6.45) is -0.391. The van der Waals surface area contributed by atoms with Crippen LogP contribution in [0.5, 0.6) is 5.75 Å². The van der Waals surface area contributed by atoms with Crippen molar-refractivity contribution in [3.05, 3.63) is 16.8 Å². The zero-order chi connectivity index (χ0) is 8.97. The Labute approximate surface area is 77.9 Å². The molecular weight excluding hydrogens is 200 g/mol. The van der Waals surface area contributed by atoms with Crippen LogP contribution in [0.25, 0.3) is 0 Å². The molecule has 1 aromatic heterocycles. The summed E-state index contributed by atoms with van der Waals surface area (Å²) < 4.78 is 4.73. The minimum atomic E-state index is -0.713. The van der Waals surface area contributed by atoms with Gasteiger partial charge >= 0.3 is 5.97 Å². The molecule has 12 heavy (non-hydrogen) atoms. The summed E-state index contributed by atoms with van der Waals surface area (Å²) in [6.45, 7) is 0. The topological polar surface area (TPSA) is 43.4 Å². The van der Waals surface area contributed by atoms with Crippen LogP contribution in [0.1, 0.15) is 6.42 Å². The maximum absolute atomic E-state index is 10.8. The van der Waals surface area contributed by atoms with Crippen molar-refractivity contribution in [1.82, 2.24) is 0 Å². The molecule has 64 valence electrons. The smallest absolute Gasteiger partial charge is 0.320 e. The van der Waals surface area contributed by atoms with Gasteiger partial charge < -0.3 is 4.74 Å². The Balaban J connectivity index is 2.42. The van der Waals surface area contributed by atoms with Gasteiger partial charge in [0.15, 0.2) is 0 Å². The summed E-state index contributed by atoms with van der Waals surface area (Å²) in [7, 11) is 0. The van der Waals surface area contributed by atoms with Crippen LogP contribution in [0.4, 0.5) is 0 Å². The quantitative estimate of drug-likeness (QED) is 0.429. The highest BCUT2D eigenvalue weighted by molar-refractivity contribution is 7.08. The molecule has 0 saturated carbocycles. The maximum atomic E-state index is 10.8. The van der Waals surface area contributed by atoms with E-state index in [0.717, 1.165) is 0 Å². The third kappa shape index (κ3) is 3.02. The predicted molar refractivity (Wildman–Crippen MR) is 45.4 cm³/mol. The number of ether oxygens (including phenoxy) is 1. The second-order valence-corrected chi connectivity index (χ2v) is 3.17. The monoisotopic (exact) mass is 204 g/mol. The van der Waals surface area contributed by atoms with E-state index in [1.54, 1.807) is 16.8 Å². The van der Waals surface area contributed by atoms with Crippen molar-refractivity contribution in [1.29, 1.82) is 0 Å². The van der Waals surface area contributed by atoms with E-state index >= 15 is 0 Å². The number of hydrogen-bond donors (Lipinski definition) is 0. The van der Waals surface area contributed by atoms with Gasteiger partial charge in [0.05, 0.1) is 0 Å². The van der Waals surface area contributed by atoms with Crippen LogP contribution in [-0.2, 0) is 9.59 Å². The first-order chi connectivity index (χ1) is 5.68. The van der Waals surface area contributed by atoms with Crippen LogP contribution in [0.3, 0.4) is 0 Å². The van der Waals surface area contributed by atoms with Crippen LogP contribution >= 0.6 is 22.9 Å². The molecule has 0 radical (unpaired) electrons. The molecule has 0 N–H and O–H groups in total. The molecule has 3 nitrogen and oxygen atoms in total. The number of thiophene rings is 1. The molecule has 0 aliphatic carbocycles. The van der Waals surface area contributed by atoms with Crippen LogP contribution < -0.4 is 4.74 Å². The second kappa shape index (κ2) is 4.23. The Bertz CT molecular complexity index is 281. The third-order valence-electron chi connectivity index (χ3n) is 1.01. The van der Waals surface area contributed by atoms with Crippen molar-refractivity contribution in [2.24, 2.45) is 0 Å². The van der Waals surface area contributed by atoms with Crippen LogP contribution in [0, 0.1) is 0 Å². The summed E-state index contributed by atoms with van der Waals surface area (Å²) in [5, 5.41) is 2.72. The molecule has 0 amide bonds. The summed E-state index contributed by atoms with van der Waals surface area (Å²) >= 11 is 6.38. The first kappa shape index (κ1) is 9.22. The SMILES string of the molecule is O=C(Cl)CC(=O)Oc1ccsc1. The fourth-order valence-corrected chi connectivity index (χ4v) is 1.25. The Morgan fingerprint density at radius 2 is 2.33 bits per heavy atom. The molecule has 0 saturated heterocycles. The normalized spacial score (nSPS) is 9.42. The Kier molecular flexibility index (Phi) is 3.25. The number of hydrogen-bond acceptors (Lipinski definition) is 4. The van der Waals surface area contributed by atoms with Gasteiger partial charge in [-0.3, -0.25) is 9.59 Å². The van der Waals surface area contributed by atoms with E-state index in [1.165, 1.54) is 11.3 Å². The largest absolute Gasteiger partial charge is 0.425 e. The average molecular weight is 205 g/mol. The van der Waals surface area contributed by atoms with Crippen molar-refractivity contribution in [3.63, 3.8) is 0 Å². The van der Waals surface area contributed by atoms with Crippen LogP contribution in [-0.4, -0.2) is 11.2 Å². The number of esters is 1. The predicted octanol–water partition coefficient (Wildman–Crippen LogP) is 1.81. The molecule has 0 aliphatic heterocycles. The van der Waals surface area contributed by atoms with E-state index in [0.29, 0.717) is 5.75 Å². The number of carbonyl (C=O) groups excluding carboxylic acids is 2. The standard InChI is InChI=1S/C7H5ClO3S/c8-6(9)3-7(10)11-5-1-2-12-4-5/h1-2,4H,3H2. The van der Waals surface area contributed by atoms with Crippen molar-refractivity contribution in [3.8, 4) is 5.75 Å². The minimum absolute atomic E-state index is 0.391. The molecule has 1 heterocycles. The molecule has 0 unspecified atom stereocenters. The van der Waals surface area contributed by atoms with Gasteiger partial charge in [-0.25, -0.2) is 0 Å². The van der Waals surface area contributed by atoms with Gasteiger partial charge in [-0.1, -0.05) is 0 Å². The lowest BCUT2D eigenvalue weighted by atomic mass is 10.5. The van der Waals surface area contributed by atoms with Crippen molar-refractivity contribution in [2.75, 3.05) is 0 Å². The van der Waals surface area contributed by atoms with Gasteiger partial charge in [0.2, 0.25) is 5.24 Å². The number of carbonyl (C=O) groups is 2. The van der Waals surface area contributed by atoms with Crippen molar-refractivity contribution in [2.45, 2.75) is 6.42 Å². The lowest BCUT2D eigenvalue weighted by Crippen LogP contribution is -2.10. The maximum Gasteiger partial charge on any atom is 0.320 e. The fraction of sp³-hybridized carbons (Fsp3) is 0.143.